The molecule has 34 heavy (non-hydrogen) atoms. The molecule has 0 unspecified atom stereocenters. The van der Waals surface area contributed by atoms with Gasteiger partial charge in [-0.3, -0.25) is 9.52 Å². The fraction of sp³-hybridized carbons (Fsp3) is 0.423. The van der Waals surface area contributed by atoms with Crippen LogP contribution in [0.25, 0.3) is 11.0 Å². The van der Waals surface area contributed by atoms with Gasteiger partial charge in [0.05, 0.1) is 12.3 Å². The summed E-state index contributed by atoms with van der Waals surface area (Å²) in [6.45, 7) is 9.07. The maximum atomic E-state index is 13.7. The fourth-order valence-electron chi connectivity index (χ4n) is 4.52. The van der Waals surface area contributed by atoms with Crippen LogP contribution in [-0.2, 0) is 10.0 Å². The number of carbonyl (C=O) groups is 1. The van der Waals surface area contributed by atoms with E-state index in [9.17, 15) is 13.2 Å². The summed E-state index contributed by atoms with van der Waals surface area (Å²) in [6, 6.07) is 8.81. The zero-order valence-electron chi connectivity index (χ0n) is 20.2. The van der Waals surface area contributed by atoms with Gasteiger partial charge in [0.1, 0.15) is 10.6 Å². The van der Waals surface area contributed by atoms with Gasteiger partial charge in [-0.1, -0.05) is 25.0 Å². The number of nitrogens with zero attached hydrogens (tertiary/aromatic N) is 1. The van der Waals surface area contributed by atoms with Crippen molar-refractivity contribution in [3.8, 4) is 5.75 Å². The summed E-state index contributed by atoms with van der Waals surface area (Å²) < 4.78 is 41.7. The van der Waals surface area contributed by atoms with Crippen molar-refractivity contribution in [1.82, 2.24) is 4.90 Å². The van der Waals surface area contributed by atoms with Crippen molar-refractivity contribution < 1.29 is 22.4 Å². The number of nitrogens with one attached hydrogen (secondary N) is 1. The van der Waals surface area contributed by atoms with Crippen LogP contribution >= 0.6 is 0 Å². The van der Waals surface area contributed by atoms with Gasteiger partial charge in [0.2, 0.25) is 0 Å². The third kappa shape index (κ3) is 4.51. The summed E-state index contributed by atoms with van der Waals surface area (Å²) >= 11 is 0. The van der Waals surface area contributed by atoms with Crippen LogP contribution in [0.1, 0.15) is 59.9 Å². The van der Waals surface area contributed by atoms with E-state index in [1.54, 1.807) is 31.2 Å². The van der Waals surface area contributed by atoms with Crippen LogP contribution in [0.2, 0.25) is 0 Å². The number of carbonyl (C=O) groups excluding carboxylic acids is 1. The lowest BCUT2D eigenvalue weighted by atomic mass is 10.0. The number of aryl methyl sites for hydroxylation is 2. The Kier molecular flexibility index (Phi) is 6.89. The van der Waals surface area contributed by atoms with E-state index in [-0.39, 0.29) is 22.1 Å². The van der Waals surface area contributed by atoms with Crippen molar-refractivity contribution in [2.24, 2.45) is 0 Å². The Morgan fingerprint density at radius 3 is 2.41 bits per heavy atom. The molecule has 2 aromatic carbocycles. The second-order valence-corrected chi connectivity index (χ2v) is 10.4. The summed E-state index contributed by atoms with van der Waals surface area (Å²) in [5, 5.41) is 0.639. The number of rotatable bonds is 6. The molecule has 0 spiro atoms. The predicted octanol–water partition coefficient (Wildman–Crippen LogP) is 5.57. The highest BCUT2D eigenvalue weighted by molar-refractivity contribution is 7.93. The normalized spacial score (nSPS) is 14.8. The number of fused-ring (bicyclic) bond motifs is 1. The maximum Gasteiger partial charge on any atom is 0.289 e. The van der Waals surface area contributed by atoms with Gasteiger partial charge < -0.3 is 14.1 Å². The molecule has 0 atom stereocenters. The van der Waals surface area contributed by atoms with E-state index >= 15 is 0 Å². The molecule has 182 valence electrons. The number of hydrogen-bond donors (Lipinski definition) is 1. The third-order valence-electron chi connectivity index (χ3n) is 6.48. The zero-order valence-corrected chi connectivity index (χ0v) is 21.0. The SMILES string of the molecule is CCOc1ccccc1NS(=O)(=O)c1c(C)c(C)cc2c(C)c(C(=O)N3CCCCCC3)oc12. The average Bonchev–Trinajstić information content (AvgIpc) is 2.97. The van der Waals surface area contributed by atoms with Gasteiger partial charge in [-0.25, -0.2) is 8.42 Å². The van der Waals surface area contributed by atoms with E-state index in [1.165, 1.54) is 0 Å². The Balaban J connectivity index is 1.82. The van der Waals surface area contributed by atoms with Crippen LogP contribution in [0, 0.1) is 20.8 Å². The maximum absolute atomic E-state index is 13.7. The average molecular weight is 485 g/mol. The van der Waals surface area contributed by atoms with Gasteiger partial charge in [0.25, 0.3) is 15.9 Å². The summed E-state index contributed by atoms with van der Waals surface area (Å²) in [7, 11) is -4.04. The highest BCUT2D eigenvalue weighted by Crippen LogP contribution is 2.37. The van der Waals surface area contributed by atoms with Crippen molar-refractivity contribution >= 4 is 32.6 Å². The molecule has 1 fully saturated rings. The van der Waals surface area contributed by atoms with E-state index in [0.717, 1.165) is 31.2 Å². The Morgan fingerprint density at radius 1 is 1.06 bits per heavy atom. The molecule has 2 heterocycles. The third-order valence-corrected chi connectivity index (χ3v) is 8.00. The first-order valence-corrected chi connectivity index (χ1v) is 13.3. The fourth-order valence-corrected chi connectivity index (χ4v) is 6.04. The molecule has 0 bridgehead atoms. The lowest BCUT2D eigenvalue weighted by Crippen LogP contribution is -2.31. The number of likely N-dealkylation sites (tertiary alicyclic amines) is 1. The minimum absolute atomic E-state index is 0.0480. The Morgan fingerprint density at radius 2 is 1.74 bits per heavy atom. The number of ether oxygens (including phenoxy) is 1. The van der Waals surface area contributed by atoms with Crippen LogP contribution in [0.15, 0.2) is 39.6 Å². The van der Waals surface area contributed by atoms with E-state index < -0.39 is 10.0 Å². The van der Waals surface area contributed by atoms with Crippen LogP contribution < -0.4 is 9.46 Å². The van der Waals surface area contributed by atoms with Crippen molar-refractivity contribution in [3.05, 3.63) is 52.8 Å². The molecule has 7 nitrogen and oxygen atoms in total. The number of amides is 1. The second kappa shape index (κ2) is 9.70. The van der Waals surface area contributed by atoms with Crippen molar-refractivity contribution in [2.75, 3.05) is 24.4 Å². The van der Waals surface area contributed by atoms with Gasteiger partial charge in [0, 0.05) is 24.0 Å². The van der Waals surface area contributed by atoms with Gasteiger partial charge >= 0.3 is 0 Å². The minimum atomic E-state index is -4.04. The molecular weight excluding hydrogens is 452 g/mol. The minimum Gasteiger partial charge on any atom is -0.492 e. The van der Waals surface area contributed by atoms with Gasteiger partial charge in [-0.2, -0.15) is 0 Å². The van der Waals surface area contributed by atoms with Gasteiger partial charge in [-0.05, 0) is 69.9 Å². The molecule has 1 amide bonds. The van der Waals surface area contributed by atoms with Crippen LogP contribution in [0.3, 0.4) is 0 Å². The number of sulfonamides is 1. The highest BCUT2D eigenvalue weighted by atomic mass is 32.2. The molecule has 0 saturated carbocycles. The van der Waals surface area contributed by atoms with Crippen molar-refractivity contribution in [3.63, 3.8) is 0 Å². The molecule has 1 aliphatic heterocycles. The molecule has 3 aromatic rings. The van der Waals surface area contributed by atoms with Crippen LogP contribution in [0.5, 0.6) is 5.75 Å². The Hall–Kier alpha value is -3.00. The number of para-hydroxylation sites is 2. The van der Waals surface area contributed by atoms with E-state index in [1.807, 2.05) is 31.7 Å². The smallest absolute Gasteiger partial charge is 0.289 e. The number of anilines is 1. The lowest BCUT2D eigenvalue weighted by molar-refractivity contribution is 0.0731. The van der Waals surface area contributed by atoms with Crippen molar-refractivity contribution in [2.45, 2.75) is 58.3 Å². The second-order valence-electron chi connectivity index (χ2n) is 8.82. The lowest BCUT2D eigenvalue weighted by Gasteiger charge is -2.19. The summed E-state index contributed by atoms with van der Waals surface area (Å²) in [6.07, 6.45) is 4.15. The van der Waals surface area contributed by atoms with E-state index in [4.69, 9.17) is 9.15 Å². The first-order chi connectivity index (χ1) is 16.2. The largest absolute Gasteiger partial charge is 0.492 e. The Bertz CT molecular complexity index is 1320. The van der Waals surface area contributed by atoms with Gasteiger partial charge in [-0.15, -0.1) is 0 Å². The molecule has 4 rings (SSSR count). The van der Waals surface area contributed by atoms with Crippen molar-refractivity contribution in [1.29, 1.82) is 0 Å². The Labute approximate surface area is 201 Å². The molecule has 1 N–H and O–H groups in total. The number of hydrogen-bond acceptors (Lipinski definition) is 5. The van der Waals surface area contributed by atoms with Crippen LogP contribution in [0.4, 0.5) is 5.69 Å². The quantitative estimate of drug-likeness (QED) is 0.494. The summed E-state index contributed by atoms with van der Waals surface area (Å²) in [5.74, 6) is 0.486. The molecule has 1 aliphatic rings. The predicted molar refractivity (Wildman–Crippen MR) is 133 cm³/mol. The monoisotopic (exact) mass is 484 g/mol. The van der Waals surface area contributed by atoms with E-state index in [0.29, 0.717) is 47.6 Å². The summed E-state index contributed by atoms with van der Waals surface area (Å²) in [4.78, 5) is 15.2. The highest BCUT2D eigenvalue weighted by Gasteiger charge is 2.30. The molecule has 1 saturated heterocycles. The zero-order chi connectivity index (χ0) is 24.5. The molecule has 8 heteroatoms. The molecular formula is C26H32N2O5S. The first kappa shape index (κ1) is 24.1. The number of furan rings is 1. The first-order valence-electron chi connectivity index (χ1n) is 11.8. The van der Waals surface area contributed by atoms with Gasteiger partial charge in [0.15, 0.2) is 11.3 Å². The van der Waals surface area contributed by atoms with Crippen LogP contribution in [-0.4, -0.2) is 38.9 Å². The van der Waals surface area contributed by atoms with E-state index in [2.05, 4.69) is 4.72 Å². The summed E-state index contributed by atoms with van der Waals surface area (Å²) in [5.41, 5.74) is 2.61. The molecule has 0 aliphatic carbocycles. The molecule has 1 aromatic heterocycles. The standard InChI is InChI=1S/C26H32N2O5S/c1-5-32-22-13-9-8-12-21(22)27-34(30,31)25-18(3)17(2)16-20-19(4)23(33-24(20)25)26(29)28-14-10-6-7-11-15-28/h8-9,12-13,16,27H,5-7,10-11,14-15H2,1-4H3. The topological polar surface area (TPSA) is 88.8 Å². The number of benzene rings is 2. The molecule has 0 radical (unpaired) electrons.